The maximum Gasteiger partial charge on any atom is 0.254 e. The molecule has 0 radical (unpaired) electrons. The summed E-state index contributed by atoms with van der Waals surface area (Å²) in [7, 11) is 3.70. The maximum absolute atomic E-state index is 13.8. The molecule has 1 unspecified atom stereocenters. The lowest BCUT2D eigenvalue weighted by molar-refractivity contribution is -0.119. The molecule has 2 aromatic carbocycles. The number of piperidine rings is 2. The Kier molecular flexibility index (Phi) is 6.91. The first kappa shape index (κ1) is 28.6. The molecule has 4 heterocycles. The molecule has 0 spiro atoms. The number of hydrogen-bond donors (Lipinski definition) is 2. The molecule has 4 N–H and O–H groups in total. The van der Waals surface area contributed by atoms with Gasteiger partial charge in [-0.1, -0.05) is 18.2 Å². The van der Waals surface area contributed by atoms with Gasteiger partial charge in [0.1, 0.15) is 11.3 Å². The lowest BCUT2D eigenvalue weighted by Crippen LogP contribution is -2.41. The molecule has 4 atom stereocenters. The van der Waals surface area contributed by atoms with E-state index in [1.165, 1.54) is 29.3 Å². The predicted octanol–water partition coefficient (Wildman–Crippen LogP) is 3.84. The van der Waals surface area contributed by atoms with Gasteiger partial charge in [0.2, 0.25) is 5.91 Å². The lowest BCUT2D eigenvalue weighted by atomic mass is 9.89. The molecule has 10 nitrogen and oxygen atoms in total. The molecule has 4 aliphatic rings. The van der Waals surface area contributed by atoms with Crippen molar-refractivity contribution in [2.75, 3.05) is 33.3 Å². The Morgan fingerprint density at radius 1 is 1.04 bits per heavy atom. The Balaban J connectivity index is 1.22. The van der Waals surface area contributed by atoms with E-state index < -0.39 is 0 Å². The van der Waals surface area contributed by atoms with Crippen molar-refractivity contribution in [2.24, 2.45) is 30.4 Å². The SMILES string of the molecule is COc1cc(C(=O)N2C[C@H]3CC[C@@H]2[C@@H]3N)cc2nc(-c3cc4cccc(C5CCCN(CC(N)=O)C5)c4n3CC3CC3)n(C)c12. The van der Waals surface area contributed by atoms with Gasteiger partial charge in [0.05, 0.1) is 30.4 Å². The fourth-order valence-corrected chi connectivity index (χ4v) is 8.56. The van der Waals surface area contributed by atoms with Gasteiger partial charge in [-0.15, -0.1) is 0 Å². The maximum atomic E-state index is 13.8. The minimum Gasteiger partial charge on any atom is -0.494 e. The van der Waals surface area contributed by atoms with Gasteiger partial charge in [0.25, 0.3) is 5.91 Å². The number of hydrogen-bond acceptors (Lipinski definition) is 6. The van der Waals surface area contributed by atoms with Gasteiger partial charge in [0.15, 0.2) is 5.82 Å². The number of aromatic nitrogens is 3. The molecule has 8 rings (SSSR count). The van der Waals surface area contributed by atoms with Crippen molar-refractivity contribution in [3.05, 3.63) is 47.5 Å². The Bertz CT molecular complexity index is 1820. The molecule has 2 aliphatic carbocycles. The summed E-state index contributed by atoms with van der Waals surface area (Å²) in [5.41, 5.74) is 17.9. The first-order valence-electron chi connectivity index (χ1n) is 16.5. The van der Waals surface area contributed by atoms with Crippen LogP contribution in [-0.2, 0) is 18.4 Å². The van der Waals surface area contributed by atoms with Crippen LogP contribution in [0.5, 0.6) is 5.75 Å². The number of aryl methyl sites for hydroxylation is 1. The number of ether oxygens (including phenoxy) is 1. The highest BCUT2D eigenvalue weighted by molar-refractivity contribution is 6.00. The van der Waals surface area contributed by atoms with Crippen molar-refractivity contribution in [3.63, 3.8) is 0 Å². The summed E-state index contributed by atoms with van der Waals surface area (Å²) >= 11 is 0. The second-order valence-corrected chi connectivity index (χ2v) is 13.9. The minimum atomic E-state index is -0.272. The van der Waals surface area contributed by atoms with Crippen LogP contribution >= 0.6 is 0 Å². The van der Waals surface area contributed by atoms with E-state index in [1.807, 2.05) is 24.1 Å². The van der Waals surface area contributed by atoms with Gasteiger partial charge >= 0.3 is 0 Å². The topological polar surface area (TPSA) is 125 Å². The second-order valence-electron chi connectivity index (χ2n) is 13.9. The number of fused-ring (bicyclic) bond motifs is 4. The summed E-state index contributed by atoms with van der Waals surface area (Å²) in [5.74, 6) is 2.61. The summed E-state index contributed by atoms with van der Waals surface area (Å²) in [5, 5.41) is 1.20. The molecule has 2 saturated carbocycles. The Morgan fingerprint density at radius 2 is 1.89 bits per heavy atom. The fourth-order valence-electron chi connectivity index (χ4n) is 8.56. The Morgan fingerprint density at radius 3 is 2.60 bits per heavy atom. The monoisotopic (exact) mass is 609 g/mol. The van der Waals surface area contributed by atoms with Crippen molar-refractivity contribution in [1.29, 1.82) is 0 Å². The average Bonchev–Trinajstić information content (AvgIpc) is 3.42. The van der Waals surface area contributed by atoms with Gasteiger partial charge in [-0.25, -0.2) is 4.98 Å². The number of likely N-dealkylation sites (tertiary alicyclic amines) is 2. The number of carbonyl (C=O) groups excluding carboxylic acids is 2. The molecule has 2 aliphatic heterocycles. The lowest BCUT2D eigenvalue weighted by Gasteiger charge is -2.32. The molecular formula is C35H43N7O3. The van der Waals surface area contributed by atoms with E-state index in [-0.39, 0.29) is 23.9 Å². The molecule has 236 valence electrons. The van der Waals surface area contributed by atoms with E-state index in [0.717, 1.165) is 74.4 Å². The molecule has 45 heavy (non-hydrogen) atoms. The van der Waals surface area contributed by atoms with Gasteiger partial charge in [-0.3, -0.25) is 14.5 Å². The number of amides is 2. The molecule has 10 heteroatoms. The summed E-state index contributed by atoms with van der Waals surface area (Å²) in [6.45, 7) is 3.70. The van der Waals surface area contributed by atoms with Crippen LogP contribution in [0.1, 0.15) is 60.4 Å². The summed E-state index contributed by atoms with van der Waals surface area (Å²) < 4.78 is 10.5. The predicted molar refractivity (Wildman–Crippen MR) is 174 cm³/mol. The van der Waals surface area contributed by atoms with E-state index in [1.54, 1.807) is 7.11 Å². The zero-order chi connectivity index (χ0) is 31.0. The number of nitrogens with zero attached hydrogens (tertiary/aromatic N) is 5. The Labute approximate surface area is 263 Å². The normalized spacial score (nSPS) is 25.1. The first-order valence-corrected chi connectivity index (χ1v) is 16.5. The summed E-state index contributed by atoms with van der Waals surface area (Å²) in [6, 6.07) is 12.9. The minimum absolute atomic E-state index is 0.00963. The first-order chi connectivity index (χ1) is 21.8. The van der Waals surface area contributed by atoms with E-state index in [2.05, 4.69) is 38.3 Å². The Hall–Kier alpha value is -3.89. The van der Waals surface area contributed by atoms with E-state index in [9.17, 15) is 9.59 Å². The number of benzene rings is 2. The number of methoxy groups -OCH3 is 1. The second kappa shape index (κ2) is 10.9. The van der Waals surface area contributed by atoms with E-state index in [4.69, 9.17) is 21.2 Å². The molecule has 2 aromatic heterocycles. The third kappa shape index (κ3) is 4.80. The zero-order valence-electron chi connectivity index (χ0n) is 26.2. The third-order valence-corrected chi connectivity index (χ3v) is 11.0. The van der Waals surface area contributed by atoms with Gasteiger partial charge in [-0.05, 0) is 86.6 Å². The van der Waals surface area contributed by atoms with Crippen LogP contribution in [0, 0.1) is 11.8 Å². The van der Waals surface area contributed by atoms with Crippen LogP contribution < -0.4 is 16.2 Å². The molecule has 2 bridgehead atoms. The molecule has 2 saturated heterocycles. The van der Waals surface area contributed by atoms with Crippen molar-refractivity contribution in [3.8, 4) is 17.3 Å². The number of nitrogens with two attached hydrogens (primary N) is 2. The summed E-state index contributed by atoms with van der Waals surface area (Å²) in [6.07, 6.45) is 6.68. The van der Waals surface area contributed by atoms with E-state index >= 15 is 0 Å². The number of carbonyl (C=O) groups is 2. The van der Waals surface area contributed by atoms with Gasteiger partial charge < -0.3 is 30.2 Å². The van der Waals surface area contributed by atoms with Crippen molar-refractivity contribution < 1.29 is 14.3 Å². The quantitative estimate of drug-likeness (QED) is 0.313. The van der Waals surface area contributed by atoms with Crippen molar-refractivity contribution >= 4 is 33.8 Å². The van der Waals surface area contributed by atoms with Crippen LogP contribution in [0.2, 0.25) is 0 Å². The highest BCUT2D eigenvalue weighted by Crippen LogP contribution is 2.42. The van der Waals surface area contributed by atoms with Crippen molar-refractivity contribution in [2.45, 2.75) is 63.1 Å². The van der Waals surface area contributed by atoms with E-state index in [0.29, 0.717) is 35.6 Å². The van der Waals surface area contributed by atoms with Gasteiger partial charge in [-0.2, -0.15) is 0 Å². The van der Waals surface area contributed by atoms with Gasteiger partial charge in [0, 0.05) is 49.7 Å². The standard InChI is InChI=1S/C35H43N7O3/c1-39-33-26(13-24(15-29(33)45-2)35(44)42-18-23-10-11-27(42)31(23)37)38-34(39)28-14-21-5-3-7-25(32(21)41(28)16-20-8-9-20)22-6-4-12-40(17-22)19-30(36)43/h3,5,7,13-15,20,22-23,27,31H,4,6,8-12,16-19,37H2,1-2H3,(H2,36,43)/t22?,23-,27-,31-/m1/s1. The molecule has 4 aromatic rings. The summed E-state index contributed by atoms with van der Waals surface area (Å²) in [4.78, 5) is 34.9. The van der Waals surface area contributed by atoms with Crippen LogP contribution in [0.3, 0.4) is 0 Å². The van der Waals surface area contributed by atoms with Crippen LogP contribution in [0.15, 0.2) is 36.4 Å². The van der Waals surface area contributed by atoms with Crippen molar-refractivity contribution in [1.82, 2.24) is 23.9 Å². The average molecular weight is 610 g/mol. The molecule has 4 fully saturated rings. The molecule has 2 amide bonds. The van der Waals surface area contributed by atoms with Crippen LogP contribution in [0.4, 0.5) is 0 Å². The number of primary amides is 1. The smallest absolute Gasteiger partial charge is 0.254 e. The van der Waals surface area contributed by atoms with Crippen LogP contribution in [0.25, 0.3) is 33.5 Å². The number of imidazole rings is 1. The highest BCUT2D eigenvalue weighted by Gasteiger charge is 2.47. The highest BCUT2D eigenvalue weighted by atomic mass is 16.5. The largest absolute Gasteiger partial charge is 0.494 e. The number of para-hydroxylation sites is 1. The number of rotatable bonds is 8. The fraction of sp³-hybridized carbons (Fsp3) is 0.514. The van der Waals surface area contributed by atoms with Crippen LogP contribution in [-0.4, -0.2) is 81.1 Å². The third-order valence-electron chi connectivity index (χ3n) is 11.0. The zero-order valence-corrected chi connectivity index (χ0v) is 26.2. The molecular weight excluding hydrogens is 566 g/mol.